The maximum absolute atomic E-state index is 12.2. The summed E-state index contributed by atoms with van der Waals surface area (Å²) in [6, 6.07) is 11.6. The molecule has 0 heterocycles. The van der Waals surface area contributed by atoms with E-state index in [-0.39, 0.29) is 0 Å². The number of methoxy groups -OCH3 is 1. The first-order valence-corrected chi connectivity index (χ1v) is 10.5. The number of aryl methyl sites for hydroxylation is 2. The maximum Gasteiger partial charge on any atom is 0.337 e. The van der Waals surface area contributed by atoms with E-state index in [4.69, 9.17) is 0 Å². The van der Waals surface area contributed by atoms with Crippen LogP contribution in [0.1, 0.15) is 27.0 Å². The Morgan fingerprint density at radius 1 is 1.10 bits per heavy atom. The van der Waals surface area contributed by atoms with Crippen molar-refractivity contribution in [1.29, 1.82) is 0 Å². The standard InChI is InChI=1S/C20H23N3O5S/c1-14-5-10-18(11-15(14)2)23(29(4,26)27)13-19(24)22-21-12-16-6-8-17(9-7-16)20(25)28-3/h5-12H,13H2,1-4H3,(H,22,24)/b21-12-. The van der Waals surface area contributed by atoms with Crippen molar-refractivity contribution in [1.82, 2.24) is 5.43 Å². The molecule has 1 N–H and O–H groups in total. The van der Waals surface area contributed by atoms with Crippen LogP contribution in [-0.2, 0) is 19.6 Å². The fourth-order valence-corrected chi connectivity index (χ4v) is 3.30. The molecule has 9 heteroatoms. The quantitative estimate of drug-likeness (QED) is 0.421. The fourth-order valence-electron chi connectivity index (χ4n) is 2.45. The highest BCUT2D eigenvalue weighted by molar-refractivity contribution is 7.92. The lowest BCUT2D eigenvalue weighted by Crippen LogP contribution is -2.39. The number of rotatable bonds is 7. The summed E-state index contributed by atoms with van der Waals surface area (Å²) in [7, 11) is -2.36. The monoisotopic (exact) mass is 417 g/mol. The molecular weight excluding hydrogens is 394 g/mol. The first-order valence-electron chi connectivity index (χ1n) is 8.67. The van der Waals surface area contributed by atoms with E-state index in [9.17, 15) is 18.0 Å². The van der Waals surface area contributed by atoms with Gasteiger partial charge in [0.05, 0.1) is 30.8 Å². The summed E-state index contributed by atoms with van der Waals surface area (Å²) in [5.41, 5.74) is 5.70. The van der Waals surface area contributed by atoms with Gasteiger partial charge in [-0.05, 0) is 54.8 Å². The highest BCUT2D eigenvalue weighted by Crippen LogP contribution is 2.21. The summed E-state index contributed by atoms with van der Waals surface area (Å²) < 4.78 is 29.9. The smallest absolute Gasteiger partial charge is 0.337 e. The molecule has 0 bridgehead atoms. The number of anilines is 1. The normalized spacial score (nSPS) is 11.3. The fraction of sp³-hybridized carbons (Fsp3) is 0.250. The molecule has 0 aliphatic carbocycles. The molecule has 0 saturated carbocycles. The number of amides is 1. The Labute approximate surface area is 170 Å². The summed E-state index contributed by atoms with van der Waals surface area (Å²) in [5.74, 6) is -1.04. The van der Waals surface area contributed by atoms with Crippen molar-refractivity contribution in [2.24, 2.45) is 5.10 Å². The van der Waals surface area contributed by atoms with Gasteiger partial charge in [-0.15, -0.1) is 0 Å². The molecule has 0 spiro atoms. The number of hydrogen-bond donors (Lipinski definition) is 1. The van der Waals surface area contributed by atoms with E-state index in [1.54, 1.807) is 42.5 Å². The van der Waals surface area contributed by atoms with Crippen LogP contribution in [0.5, 0.6) is 0 Å². The molecule has 29 heavy (non-hydrogen) atoms. The van der Waals surface area contributed by atoms with E-state index in [2.05, 4.69) is 15.3 Å². The van der Waals surface area contributed by atoms with E-state index < -0.39 is 28.4 Å². The highest BCUT2D eigenvalue weighted by atomic mass is 32.2. The number of nitrogens with one attached hydrogen (secondary N) is 1. The number of hydrogen-bond acceptors (Lipinski definition) is 6. The molecule has 2 aromatic rings. The number of ether oxygens (including phenoxy) is 1. The second-order valence-electron chi connectivity index (χ2n) is 6.44. The minimum absolute atomic E-state index is 0.394. The number of carbonyl (C=O) groups excluding carboxylic acids is 2. The van der Waals surface area contributed by atoms with Gasteiger partial charge in [0.2, 0.25) is 10.0 Å². The van der Waals surface area contributed by atoms with E-state index in [0.717, 1.165) is 21.7 Å². The van der Waals surface area contributed by atoms with Gasteiger partial charge in [-0.3, -0.25) is 9.10 Å². The third kappa shape index (κ3) is 6.15. The molecule has 0 atom stereocenters. The molecule has 0 aliphatic heterocycles. The van der Waals surface area contributed by atoms with Crippen LogP contribution in [-0.4, -0.2) is 46.4 Å². The first-order chi connectivity index (χ1) is 13.6. The summed E-state index contributed by atoms with van der Waals surface area (Å²) in [4.78, 5) is 23.6. The number of nitrogens with zero attached hydrogens (tertiary/aromatic N) is 2. The topological polar surface area (TPSA) is 105 Å². The minimum Gasteiger partial charge on any atom is -0.465 e. The van der Waals surface area contributed by atoms with E-state index in [1.807, 2.05) is 13.8 Å². The van der Waals surface area contributed by atoms with E-state index in [1.165, 1.54) is 13.3 Å². The molecular formula is C20H23N3O5S. The van der Waals surface area contributed by atoms with Crippen molar-refractivity contribution in [2.75, 3.05) is 24.2 Å². The average molecular weight is 417 g/mol. The lowest BCUT2D eigenvalue weighted by atomic mass is 10.1. The van der Waals surface area contributed by atoms with Crippen LogP contribution >= 0.6 is 0 Å². The molecule has 0 fully saturated rings. The minimum atomic E-state index is -3.66. The zero-order valence-electron chi connectivity index (χ0n) is 16.7. The SMILES string of the molecule is COC(=O)c1ccc(/C=N\NC(=O)CN(c2ccc(C)c(C)c2)S(C)(=O)=O)cc1. The van der Waals surface area contributed by atoms with Crippen LogP contribution in [0.4, 0.5) is 5.69 Å². The second-order valence-corrected chi connectivity index (χ2v) is 8.35. The Hall–Kier alpha value is -3.20. The van der Waals surface area contributed by atoms with Crippen LogP contribution in [0.15, 0.2) is 47.6 Å². The molecule has 2 aromatic carbocycles. The van der Waals surface area contributed by atoms with Crippen molar-refractivity contribution in [3.8, 4) is 0 Å². The summed E-state index contributed by atoms with van der Waals surface area (Å²) in [6.45, 7) is 3.39. The zero-order chi connectivity index (χ0) is 21.6. The molecule has 1 amide bonds. The summed E-state index contributed by atoms with van der Waals surface area (Å²) >= 11 is 0. The van der Waals surface area contributed by atoms with Gasteiger partial charge in [-0.25, -0.2) is 18.6 Å². The molecule has 0 radical (unpaired) electrons. The van der Waals surface area contributed by atoms with Crippen molar-refractivity contribution in [2.45, 2.75) is 13.8 Å². The van der Waals surface area contributed by atoms with Crippen molar-refractivity contribution >= 4 is 33.8 Å². The van der Waals surface area contributed by atoms with Crippen LogP contribution in [0.3, 0.4) is 0 Å². The Balaban J connectivity index is 2.06. The van der Waals surface area contributed by atoms with E-state index in [0.29, 0.717) is 16.8 Å². The maximum atomic E-state index is 12.2. The van der Waals surface area contributed by atoms with Gasteiger partial charge < -0.3 is 4.74 Å². The molecule has 0 saturated heterocycles. The largest absolute Gasteiger partial charge is 0.465 e. The molecule has 154 valence electrons. The molecule has 0 unspecified atom stereocenters. The van der Waals surface area contributed by atoms with Crippen molar-refractivity contribution in [3.63, 3.8) is 0 Å². The number of carbonyl (C=O) groups is 2. The Morgan fingerprint density at radius 3 is 2.31 bits per heavy atom. The Kier molecular flexibility index (Phi) is 7.11. The van der Waals surface area contributed by atoms with Crippen LogP contribution in [0.25, 0.3) is 0 Å². The predicted molar refractivity (Wildman–Crippen MR) is 112 cm³/mol. The van der Waals surface area contributed by atoms with Gasteiger partial charge in [0, 0.05) is 0 Å². The number of benzene rings is 2. The van der Waals surface area contributed by atoms with E-state index >= 15 is 0 Å². The first kappa shape index (κ1) is 22.1. The highest BCUT2D eigenvalue weighted by Gasteiger charge is 2.21. The van der Waals surface area contributed by atoms with Crippen molar-refractivity contribution in [3.05, 3.63) is 64.7 Å². The lowest BCUT2D eigenvalue weighted by molar-refractivity contribution is -0.119. The third-order valence-electron chi connectivity index (χ3n) is 4.20. The van der Waals surface area contributed by atoms with Crippen molar-refractivity contribution < 1.29 is 22.7 Å². The molecule has 0 aromatic heterocycles. The zero-order valence-corrected chi connectivity index (χ0v) is 17.5. The number of hydrazone groups is 1. The third-order valence-corrected chi connectivity index (χ3v) is 5.34. The number of esters is 1. The Morgan fingerprint density at radius 2 is 1.76 bits per heavy atom. The summed E-state index contributed by atoms with van der Waals surface area (Å²) in [5, 5.41) is 3.83. The molecule has 8 nitrogen and oxygen atoms in total. The van der Waals surface area contributed by atoms with Crippen LogP contribution < -0.4 is 9.73 Å². The summed E-state index contributed by atoms with van der Waals surface area (Å²) in [6.07, 6.45) is 2.43. The molecule has 0 aliphatic rings. The van der Waals surface area contributed by atoms with Gasteiger partial charge in [-0.2, -0.15) is 5.10 Å². The van der Waals surface area contributed by atoms with Crippen LogP contribution in [0.2, 0.25) is 0 Å². The van der Waals surface area contributed by atoms with Gasteiger partial charge in [0.25, 0.3) is 5.91 Å². The predicted octanol–water partition coefficient (Wildman–Crippen LogP) is 2.01. The Bertz CT molecular complexity index is 1030. The lowest BCUT2D eigenvalue weighted by Gasteiger charge is -2.22. The molecule has 2 rings (SSSR count). The van der Waals surface area contributed by atoms with Gasteiger partial charge in [-0.1, -0.05) is 18.2 Å². The number of sulfonamides is 1. The average Bonchev–Trinajstić information content (AvgIpc) is 2.67. The second kappa shape index (κ2) is 9.33. The van der Waals surface area contributed by atoms with Gasteiger partial charge >= 0.3 is 5.97 Å². The van der Waals surface area contributed by atoms with Gasteiger partial charge in [0.15, 0.2) is 0 Å². The van der Waals surface area contributed by atoms with Crippen LogP contribution in [0, 0.1) is 13.8 Å². The van der Waals surface area contributed by atoms with Gasteiger partial charge in [0.1, 0.15) is 6.54 Å².